The zero-order chi connectivity index (χ0) is 16.7. The molecule has 0 N–H and O–H groups in total. The second-order valence-corrected chi connectivity index (χ2v) is 7.22. The van der Waals surface area contributed by atoms with E-state index >= 15 is 0 Å². The van der Waals surface area contributed by atoms with Crippen molar-refractivity contribution in [3.05, 3.63) is 0 Å². The molecule has 0 amide bonds. The Kier molecular flexibility index (Phi) is 10.8. The van der Waals surface area contributed by atoms with E-state index in [2.05, 4.69) is 33.5 Å². The number of hydrogen-bond acceptors (Lipinski definition) is 2. The summed E-state index contributed by atoms with van der Waals surface area (Å²) in [7, 11) is 0. The average molecular weight is 329 g/mol. The van der Waals surface area contributed by atoms with Crippen molar-refractivity contribution in [2.45, 2.75) is 77.0 Å². The molecule has 0 saturated heterocycles. The van der Waals surface area contributed by atoms with Gasteiger partial charge in [-0.2, -0.15) is 0 Å². The lowest BCUT2D eigenvalue weighted by atomic mass is 10.1. The number of hydrogen-bond donors (Lipinski definition) is 0. The van der Waals surface area contributed by atoms with Crippen LogP contribution in [-0.2, 0) is 0 Å². The topological polar surface area (TPSA) is 6.48 Å². The number of nitrogens with zero attached hydrogens (tertiary/aromatic N) is 2. The lowest BCUT2D eigenvalue weighted by Gasteiger charge is -2.21. The van der Waals surface area contributed by atoms with Crippen LogP contribution in [-0.4, -0.2) is 49.1 Å². The third-order valence-corrected chi connectivity index (χ3v) is 5.16. The first-order chi connectivity index (χ1) is 11.9. The van der Waals surface area contributed by atoms with Crippen LogP contribution in [0.2, 0.25) is 0 Å². The van der Waals surface area contributed by atoms with Gasteiger partial charge >= 0.3 is 0 Å². The molecule has 3 heterocycles. The van der Waals surface area contributed by atoms with Crippen molar-refractivity contribution in [2.24, 2.45) is 0 Å². The summed E-state index contributed by atoms with van der Waals surface area (Å²) in [6, 6.07) is 0. The summed E-state index contributed by atoms with van der Waals surface area (Å²) in [5.41, 5.74) is 0. The molecule has 0 aliphatic carbocycles. The molecule has 2 bridgehead atoms. The van der Waals surface area contributed by atoms with Gasteiger partial charge in [-0.25, -0.2) is 0 Å². The summed E-state index contributed by atoms with van der Waals surface area (Å²) in [6.07, 6.45) is 15.2. The Bertz CT molecular complexity index is 368. The first-order valence-corrected chi connectivity index (χ1v) is 10.3. The van der Waals surface area contributed by atoms with Gasteiger partial charge in [0.15, 0.2) is 0 Å². The van der Waals surface area contributed by atoms with E-state index in [1.807, 2.05) is 0 Å². The molecule has 0 spiro atoms. The highest BCUT2D eigenvalue weighted by atomic mass is 15.1. The molecular formula is C22H36N2. The largest absolute Gasteiger partial charge is 0.301 e. The van der Waals surface area contributed by atoms with Gasteiger partial charge in [0.2, 0.25) is 0 Å². The molecule has 3 rings (SSSR count). The lowest BCUT2D eigenvalue weighted by Crippen LogP contribution is -2.28. The lowest BCUT2D eigenvalue weighted by molar-refractivity contribution is 0.274. The molecule has 3 aliphatic heterocycles. The summed E-state index contributed by atoms with van der Waals surface area (Å²) in [4.78, 5) is 5.18. The molecule has 0 aromatic carbocycles. The first kappa shape index (κ1) is 19.4. The maximum absolute atomic E-state index is 3.40. The zero-order valence-corrected chi connectivity index (χ0v) is 15.6. The van der Waals surface area contributed by atoms with E-state index < -0.39 is 0 Å². The summed E-state index contributed by atoms with van der Waals surface area (Å²) in [6.45, 7) is 6.96. The fourth-order valence-corrected chi connectivity index (χ4v) is 3.61. The maximum atomic E-state index is 3.40. The molecule has 2 heteroatoms. The van der Waals surface area contributed by atoms with Crippen LogP contribution < -0.4 is 0 Å². The second-order valence-electron chi connectivity index (χ2n) is 7.22. The Balaban J connectivity index is 1.95. The highest BCUT2D eigenvalue weighted by Gasteiger charge is 2.06. The van der Waals surface area contributed by atoms with Crippen LogP contribution in [0.3, 0.4) is 0 Å². The zero-order valence-electron chi connectivity index (χ0n) is 15.6. The van der Waals surface area contributed by atoms with Crippen molar-refractivity contribution in [2.75, 3.05) is 39.3 Å². The van der Waals surface area contributed by atoms with Crippen LogP contribution in [0, 0.1) is 23.7 Å². The molecule has 134 valence electrons. The van der Waals surface area contributed by atoms with Gasteiger partial charge in [-0.1, -0.05) is 38.5 Å². The van der Waals surface area contributed by atoms with E-state index in [-0.39, 0.29) is 0 Å². The molecule has 3 aliphatic rings. The number of fused-ring (bicyclic) bond motifs is 17. The monoisotopic (exact) mass is 328 g/mol. The second kappa shape index (κ2) is 13.3. The van der Waals surface area contributed by atoms with Crippen LogP contribution in [0.5, 0.6) is 0 Å². The molecule has 0 unspecified atom stereocenters. The predicted molar refractivity (Wildman–Crippen MR) is 104 cm³/mol. The number of rotatable bonds is 0. The smallest absolute Gasteiger partial charge is 0.0217 e. The van der Waals surface area contributed by atoms with E-state index in [0.29, 0.717) is 0 Å². The minimum absolute atomic E-state index is 1.02. The molecule has 0 fully saturated rings. The van der Waals surface area contributed by atoms with Gasteiger partial charge in [0.25, 0.3) is 0 Å². The quantitative estimate of drug-likeness (QED) is 0.612. The Morgan fingerprint density at radius 1 is 0.333 bits per heavy atom. The molecule has 0 radical (unpaired) electrons. The standard InChI is InChI=1S/C22H36N2/c1-2-4-6-12-18-24-21-15-9-7-13-19-23(17-11-5-3-1)20-14-8-10-16-22-24/h1-6,11-22H2. The van der Waals surface area contributed by atoms with E-state index in [1.165, 1.54) is 64.5 Å². The Morgan fingerprint density at radius 2 is 0.625 bits per heavy atom. The fraction of sp³-hybridized carbons (Fsp3) is 0.818. The van der Waals surface area contributed by atoms with E-state index in [9.17, 15) is 0 Å². The molecule has 0 aromatic rings. The van der Waals surface area contributed by atoms with Gasteiger partial charge in [-0.15, -0.1) is 23.7 Å². The van der Waals surface area contributed by atoms with Gasteiger partial charge in [-0.3, -0.25) is 0 Å². The van der Waals surface area contributed by atoms with Crippen LogP contribution in [0.1, 0.15) is 77.0 Å². The Morgan fingerprint density at radius 3 is 0.958 bits per heavy atom. The van der Waals surface area contributed by atoms with E-state index in [4.69, 9.17) is 0 Å². The Hall–Kier alpha value is -0.960. The van der Waals surface area contributed by atoms with Crippen molar-refractivity contribution < 1.29 is 0 Å². The molecular weight excluding hydrogens is 292 g/mol. The Labute approximate surface area is 150 Å². The van der Waals surface area contributed by atoms with Crippen LogP contribution in [0.15, 0.2) is 0 Å². The maximum Gasteiger partial charge on any atom is 0.0217 e. The summed E-state index contributed by atoms with van der Waals surface area (Å²) >= 11 is 0. The minimum atomic E-state index is 1.02. The predicted octanol–water partition coefficient (Wildman–Crippen LogP) is 4.31. The van der Waals surface area contributed by atoms with Gasteiger partial charge in [0.1, 0.15) is 0 Å². The van der Waals surface area contributed by atoms with Crippen molar-refractivity contribution in [3.8, 4) is 23.7 Å². The van der Waals surface area contributed by atoms with E-state index in [1.54, 1.807) is 0 Å². The van der Waals surface area contributed by atoms with Crippen molar-refractivity contribution in [1.29, 1.82) is 0 Å². The molecule has 0 saturated carbocycles. The molecule has 2 nitrogen and oxygen atoms in total. The average Bonchev–Trinajstić information content (AvgIpc) is 2.59. The highest BCUT2D eigenvalue weighted by molar-refractivity contribution is 5.02. The van der Waals surface area contributed by atoms with Gasteiger partial charge in [0, 0.05) is 51.9 Å². The van der Waals surface area contributed by atoms with Gasteiger partial charge < -0.3 is 9.80 Å². The van der Waals surface area contributed by atoms with E-state index in [0.717, 1.165) is 51.9 Å². The molecule has 24 heavy (non-hydrogen) atoms. The van der Waals surface area contributed by atoms with Gasteiger partial charge in [0.05, 0.1) is 0 Å². The van der Waals surface area contributed by atoms with Crippen LogP contribution in [0.25, 0.3) is 0 Å². The molecule has 0 atom stereocenters. The van der Waals surface area contributed by atoms with Crippen molar-refractivity contribution >= 4 is 0 Å². The molecule has 0 aromatic heterocycles. The third kappa shape index (κ3) is 9.36. The fourth-order valence-electron chi connectivity index (χ4n) is 3.61. The first-order valence-electron chi connectivity index (χ1n) is 10.3. The van der Waals surface area contributed by atoms with Crippen molar-refractivity contribution in [3.63, 3.8) is 0 Å². The van der Waals surface area contributed by atoms with Crippen LogP contribution >= 0.6 is 0 Å². The third-order valence-electron chi connectivity index (χ3n) is 5.16. The highest BCUT2D eigenvalue weighted by Crippen LogP contribution is 2.11. The SMILES string of the molecule is C1#CCCN2CCC#CCCN(CC1)CCCCCCCCCC2. The van der Waals surface area contributed by atoms with Gasteiger partial charge in [-0.05, 0) is 25.9 Å². The summed E-state index contributed by atoms with van der Waals surface area (Å²) in [5.74, 6) is 13.6. The summed E-state index contributed by atoms with van der Waals surface area (Å²) < 4.78 is 0. The summed E-state index contributed by atoms with van der Waals surface area (Å²) in [5, 5.41) is 0. The normalized spacial score (nSPS) is 28.3. The van der Waals surface area contributed by atoms with Crippen LogP contribution in [0.4, 0.5) is 0 Å². The van der Waals surface area contributed by atoms with Crippen molar-refractivity contribution in [1.82, 2.24) is 9.80 Å². The minimum Gasteiger partial charge on any atom is -0.301 e.